The molecule has 1 aliphatic rings. The summed E-state index contributed by atoms with van der Waals surface area (Å²) in [6, 6.07) is 0. The maximum Gasteiger partial charge on any atom is 0.215 e. The summed E-state index contributed by atoms with van der Waals surface area (Å²) in [5.74, 6) is 2.37. The van der Waals surface area contributed by atoms with Crippen LogP contribution in [0.1, 0.15) is 37.1 Å². The zero-order valence-electron chi connectivity index (χ0n) is 11.8. The maximum atomic E-state index is 4.70. The van der Waals surface area contributed by atoms with Crippen molar-refractivity contribution in [3.8, 4) is 0 Å². The Balaban J connectivity index is 1.97. The molecule has 0 radical (unpaired) electrons. The van der Waals surface area contributed by atoms with Crippen molar-refractivity contribution in [1.82, 2.24) is 30.2 Å². The molecule has 0 amide bonds. The SMILES string of the molecule is CCNc1nc(C2CC2)nc(Sc2nnnn2C)c1C. The second-order valence-corrected chi connectivity index (χ2v) is 5.81. The number of tetrazole rings is 1. The van der Waals surface area contributed by atoms with Crippen LogP contribution in [0.2, 0.25) is 0 Å². The Morgan fingerprint density at radius 1 is 1.35 bits per heavy atom. The Morgan fingerprint density at radius 2 is 2.15 bits per heavy atom. The molecule has 1 fully saturated rings. The first-order valence-electron chi connectivity index (χ1n) is 6.71. The highest BCUT2D eigenvalue weighted by Gasteiger charge is 2.28. The third-order valence-corrected chi connectivity index (χ3v) is 4.29. The number of aryl methyl sites for hydroxylation is 1. The minimum absolute atomic E-state index is 0.518. The lowest BCUT2D eigenvalue weighted by Gasteiger charge is -2.12. The molecule has 2 aromatic heterocycles. The fourth-order valence-electron chi connectivity index (χ4n) is 1.87. The van der Waals surface area contributed by atoms with E-state index in [-0.39, 0.29) is 0 Å². The molecule has 3 rings (SSSR count). The topological polar surface area (TPSA) is 81.4 Å². The van der Waals surface area contributed by atoms with E-state index in [0.29, 0.717) is 5.92 Å². The van der Waals surface area contributed by atoms with E-state index in [1.54, 1.807) is 4.68 Å². The van der Waals surface area contributed by atoms with Crippen LogP contribution in [0, 0.1) is 6.92 Å². The van der Waals surface area contributed by atoms with Crippen molar-refractivity contribution in [2.24, 2.45) is 7.05 Å². The second-order valence-electron chi connectivity index (χ2n) is 4.85. The summed E-state index contributed by atoms with van der Waals surface area (Å²) in [5, 5.41) is 16.5. The van der Waals surface area contributed by atoms with Gasteiger partial charge >= 0.3 is 0 Å². The first-order chi connectivity index (χ1) is 9.69. The van der Waals surface area contributed by atoms with Gasteiger partial charge in [-0.25, -0.2) is 14.6 Å². The molecule has 8 heteroatoms. The average molecular weight is 291 g/mol. The first kappa shape index (κ1) is 13.3. The van der Waals surface area contributed by atoms with E-state index in [1.165, 1.54) is 24.6 Å². The minimum Gasteiger partial charge on any atom is -0.370 e. The summed E-state index contributed by atoms with van der Waals surface area (Å²) in [4.78, 5) is 9.34. The number of nitrogens with one attached hydrogen (secondary N) is 1. The van der Waals surface area contributed by atoms with Crippen LogP contribution in [-0.2, 0) is 7.05 Å². The van der Waals surface area contributed by atoms with Crippen LogP contribution in [0.5, 0.6) is 0 Å². The Kier molecular flexibility index (Phi) is 3.56. The lowest BCUT2D eigenvalue weighted by molar-refractivity contribution is 0.664. The lowest BCUT2D eigenvalue weighted by atomic mass is 10.3. The van der Waals surface area contributed by atoms with E-state index in [1.807, 2.05) is 14.0 Å². The molecule has 7 nitrogen and oxygen atoms in total. The number of rotatable bonds is 5. The zero-order chi connectivity index (χ0) is 14.1. The molecule has 0 aliphatic heterocycles. The summed E-state index contributed by atoms with van der Waals surface area (Å²) >= 11 is 1.48. The van der Waals surface area contributed by atoms with Crippen molar-refractivity contribution in [1.29, 1.82) is 0 Å². The molecule has 2 aromatic rings. The van der Waals surface area contributed by atoms with Gasteiger partial charge in [-0.05, 0) is 48.9 Å². The Morgan fingerprint density at radius 3 is 2.75 bits per heavy atom. The molecule has 1 aliphatic carbocycles. The molecule has 0 aromatic carbocycles. The minimum atomic E-state index is 0.518. The van der Waals surface area contributed by atoms with Gasteiger partial charge in [-0.15, -0.1) is 5.10 Å². The molecule has 1 saturated carbocycles. The van der Waals surface area contributed by atoms with Crippen molar-refractivity contribution in [2.75, 3.05) is 11.9 Å². The van der Waals surface area contributed by atoms with Crippen molar-refractivity contribution in [2.45, 2.75) is 42.8 Å². The highest BCUT2D eigenvalue weighted by molar-refractivity contribution is 7.99. The third-order valence-electron chi connectivity index (χ3n) is 3.17. The smallest absolute Gasteiger partial charge is 0.215 e. The summed E-state index contributed by atoms with van der Waals surface area (Å²) in [5.41, 5.74) is 1.05. The van der Waals surface area contributed by atoms with Crippen LogP contribution >= 0.6 is 11.8 Å². The Bertz CT molecular complexity index is 620. The van der Waals surface area contributed by atoms with Crippen LogP contribution in [0.15, 0.2) is 10.2 Å². The van der Waals surface area contributed by atoms with Gasteiger partial charge in [0, 0.05) is 25.1 Å². The number of hydrogen-bond acceptors (Lipinski definition) is 7. The van der Waals surface area contributed by atoms with Crippen molar-refractivity contribution < 1.29 is 0 Å². The average Bonchev–Trinajstić information content (AvgIpc) is 3.20. The van der Waals surface area contributed by atoms with Gasteiger partial charge in [-0.2, -0.15) is 0 Å². The van der Waals surface area contributed by atoms with Crippen molar-refractivity contribution in [3.05, 3.63) is 11.4 Å². The predicted molar refractivity (Wildman–Crippen MR) is 75.8 cm³/mol. The first-order valence-corrected chi connectivity index (χ1v) is 7.53. The molecule has 0 atom stereocenters. The molecule has 2 heterocycles. The van der Waals surface area contributed by atoms with Gasteiger partial charge in [0.1, 0.15) is 16.7 Å². The molecule has 0 bridgehead atoms. The molecular formula is C12H17N7S. The molecule has 106 valence electrons. The molecule has 20 heavy (non-hydrogen) atoms. The third kappa shape index (κ3) is 2.60. The Labute approximate surface area is 121 Å². The van der Waals surface area contributed by atoms with E-state index in [0.717, 1.165) is 33.9 Å². The molecule has 0 unspecified atom stereocenters. The van der Waals surface area contributed by atoms with E-state index in [9.17, 15) is 0 Å². The Hall–Kier alpha value is -1.70. The highest BCUT2D eigenvalue weighted by atomic mass is 32.2. The maximum absolute atomic E-state index is 4.70. The molecule has 0 spiro atoms. The van der Waals surface area contributed by atoms with Gasteiger partial charge in [0.15, 0.2) is 0 Å². The summed E-state index contributed by atoms with van der Waals surface area (Å²) < 4.78 is 1.65. The molecule has 0 saturated heterocycles. The van der Waals surface area contributed by atoms with Crippen LogP contribution in [0.3, 0.4) is 0 Å². The van der Waals surface area contributed by atoms with Crippen LogP contribution in [0.25, 0.3) is 0 Å². The van der Waals surface area contributed by atoms with Gasteiger partial charge < -0.3 is 5.32 Å². The number of hydrogen-bond donors (Lipinski definition) is 1. The standard InChI is InChI=1S/C12H17N7S/c1-4-13-9-7(2)11(15-10(14-9)8-5-6-8)20-12-16-17-18-19(12)3/h8H,4-6H2,1-3H3,(H,13,14,15). The van der Waals surface area contributed by atoms with Crippen LogP contribution in [0.4, 0.5) is 5.82 Å². The number of nitrogens with zero attached hydrogens (tertiary/aromatic N) is 6. The van der Waals surface area contributed by atoms with E-state index >= 15 is 0 Å². The lowest BCUT2D eigenvalue weighted by Crippen LogP contribution is -2.07. The number of aromatic nitrogens is 6. The monoisotopic (exact) mass is 291 g/mol. The van der Waals surface area contributed by atoms with Gasteiger partial charge in [0.2, 0.25) is 5.16 Å². The number of anilines is 1. The zero-order valence-corrected chi connectivity index (χ0v) is 12.6. The molecular weight excluding hydrogens is 274 g/mol. The fraction of sp³-hybridized carbons (Fsp3) is 0.583. The molecule has 1 N–H and O–H groups in total. The van der Waals surface area contributed by atoms with E-state index in [2.05, 4.69) is 32.7 Å². The normalized spacial score (nSPS) is 14.6. The summed E-state index contributed by atoms with van der Waals surface area (Å²) in [6.45, 7) is 4.94. The predicted octanol–water partition coefficient (Wildman–Crippen LogP) is 1.77. The van der Waals surface area contributed by atoms with Gasteiger partial charge in [0.05, 0.1) is 0 Å². The largest absolute Gasteiger partial charge is 0.370 e. The summed E-state index contributed by atoms with van der Waals surface area (Å²) in [7, 11) is 1.83. The van der Waals surface area contributed by atoms with Gasteiger partial charge in [-0.3, -0.25) is 0 Å². The van der Waals surface area contributed by atoms with Gasteiger partial charge in [0.25, 0.3) is 0 Å². The second kappa shape index (κ2) is 5.35. The van der Waals surface area contributed by atoms with Crippen LogP contribution < -0.4 is 5.32 Å². The van der Waals surface area contributed by atoms with E-state index in [4.69, 9.17) is 4.98 Å². The quantitative estimate of drug-likeness (QED) is 0.841. The van der Waals surface area contributed by atoms with Gasteiger partial charge in [-0.1, -0.05) is 0 Å². The summed E-state index contributed by atoms with van der Waals surface area (Å²) in [6.07, 6.45) is 2.37. The van der Waals surface area contributed by atoms with E-state index < -0.39 is 0 Å². The van der Waals surface area contributed by atoms with Crippen LogP contribution in [-0.4, -0.2) is 36.7 Å². The van der Waals surface area contributed by atoms with Crippen molar-refractivity contribution >= 4 is 17.6 Å². The fourth-order valence-corrected chi connectivity index (χ4v) is 2.68. The highest BCUT2D eigenvalue weighted by Crippen LogP contribution is 2.40. The van der Waals surface area contributed by atoms with Crippen molar-refractivity contribution in [3.63, 3.8) is 0 Å².